The van der Waals surface area contributed by atoms with Gasteiger partial charge < -0.3 is 16.0 Å². The number of nitrogens with zero attached hydrogens (tertiary/aromatic N) is 1. The number of hydrogen-bond donors (Lipinski definition) is 2. The summed E-state index contributed by atoms with van der Waals surface area (Å²) >= 11 is 0. The van der Waals surface area contributed by atoms with Gasteiger partial charge in [-0.2, -0.15) is 0 Å². The summed E-state index contributed by atoms with van der Waals surface area (Å²) in [4.78, 5) is 13.8. The minimum absolute atomic E-state index is 0.0860. The van der Waals surface area contributed by atoms with Gasteiger partial charge in [0.25, 0.3) is 0 Å². The normalized spacial score (nSPS) is 17.1. The van der Waals surface area contributed by atoms with Gasteiger partial charge in [-0.15, -0.1) is 0 Å². The summed E-state index contributed by atoms with van der Waals surface area (Å²) in [5.74, 6) is 0. The Hall–Kier alpha value is -0.770. The van der Waals surface area contributed by atoms with Gasteiger partial charge in [0, 0.05) is 19.1 Å². The molecule has 4 heteroatoms. The maximum absolute atomic E-state index is 11.9. The molecular formula is C12H25N3O. The van der Waals surface area contributed by atoms with Crippen LogP contribution in [0.5, 0.6) is 0 Å². The van der Waals surface area contributed by atoms with Crippen LogP contribution in [0.3, 0.4) is 0 Å². The van der Waals surface area contributed by atoms with E-state index in [-0.39, 0.29) is 6.03 Å². The first-order valence-corrected chi connectivity index (χ1v) is 6.53. The number of nitrogens with two attached hydrogens (primary N) is 1. The fourth-order valence-electron chi connectivity index (χ4n) is 2.20. The van der Waals surface area contributed by atoms with Crippen LogP contribution in [0, 0.1) is 0 Å². The van der Waals surface area contributed by atoms with Crippen molar-refractivity contribution in [3.8, 4) is 0 Å². The van der Waals surface area contributed by atoms with E-state index in [2.05, 4.69) is 5.32 Å². The van der Waals surface area contributed by atoms with Gasteiger partial charge in [-0.25, -0.2) is 4.79 Å². The average molecular weight is 227 g/mol. The monoisotopic (exact) mass is 227 g/mol. The largest absolute Gasteiger partial charge is 0.335 e. The molecule has 1 aliphatic carbocycles. The highest BCUT2D eigenvalue weighted by Gasteiger charge is 2.18. The van der Waals surface area contributed by atoms with Crippen molar-refractivity contribution in [2.75, 3.05) is 19.6 Å². The zero-order valence-corrected chi connectivity index (χ0v) is 10.4. The summed E-state index contributed by atoms with van der Waals surface area (Å²) in [7, 11) is 0. The maximum Gasteiger partial charge on any atom is 0.317 e. The van der Waals surface area contributed by atoms with Crippen LogP contribution in [0.1, 0.15) is 45.4 Å². The van der Waals surface area contributed by atoms with Gasteiger partial charge in [-0.3, -0.25) is 0 Å². The molecule has 1 rings (SSSR count). The van der Waals surface area contributed by atoms with Gasteiger partial charge in [0.1, 0.15) is 0 Å². The topological polar surface area (TPSA) is 58.4 Å². The lowest BCUT2D eigenvalue weighted by molar-refractivity contribution is 0.192. The highest BCUT2D eigenvalue weighted by molar-refractivity contribution is 5.74. The van der Waals surface area contributed by atoms with E-state index in [0.29, 0.717) is 12.6 Å². The zero-order chi connectivity index (χ0) is 11.8. The first-order chi connectivity index (χ1) is 7.77. The SMILES string of the molecule is CCN(CCCN)C(=O)NC1CCCCC1. The predicted octanol–water partition coefficient (Wildman–Crippen LogP) is 1.70. The van der Waals surface area contributed by atoms with Gasteiger partial charge in [-0.05, 0) is 32.7 Å². The quantitative estimate of drug-likeness (QED) is 0.751. The molecular weight excluding hydrogens is 202 g/mol. The number of rotatable bonds is 5. The number of urea groups is 1. The van der Waals surface area contributed by atoms with Crippen LogP contribution in [0.25, 0.3) is 0 Å². The lowest BCUT2D eigenvalue weighted by Crippen LogP contribution is -2.46. The molecule has 94 valence electrons. The minimum atomic E-state index is 0.0860. The van der Waals surface area contributed by atoms with E-state index in [9.17, 15) is 4.79 Å². The zero-order valence-electron chi connectivity index (χ0n) is 10.4. The summed E-state index contributed by atoms with van der Waals surface area (Å²) in [5.41, 5.74) is 5.46. The summed E-state index contributed by atoms with van der Waals surface area (Å²) < 4.78 is 0. The van der Waals surface area contributed by atoms with Crippen molar-refractivity contribution < 1.29 is 4.79 Å². The highest BCUT2D eigenvalue weighted by atomic mass is 16.2. The molecule has 0 aliphatic heterocycles. The number of hydrogen-bond acceptors (Lipinski definition) is 2. The molecule has 0 bridgehead atoms. The third kappa shape index (κ3) is 4.39. The van der Waals surface area contributed by atoms with Crippen LogP contribution in [-0.2, 0) is 0 Å². The third-order valence-electron chi connectivity index (χ3n) is 3.23. The minimum Gasteiger partial charge on any atom is -0.335 e. The molecule has 0 aromatic rings. The Morgan fingerprint density at radius 3 is 2.62 bits per heavy atom. The van der Waals surface area contributed by atoms with Crippen molar-refractivity contribution in [3.63, 3.8) is 0 Å². The van der Waals surface area contributed by atoms with Gasteiger partial charge in [0.15, 0.2) is 0 Å². The Balaban J connectivity index is 2.29. The van der Waals surface area contributed by atoms with Crippen LogP contribution in [0.2, 0.25) is 0 Å². The second-order valence-corrected chi connectivity index (χ2v) is 4.51. The Morgan fingerprint density at radius 1 is 1.38 bits per heavy atom. The molecule has 1 fully saturated rings. The number of carbonyl (C=O) groups is 1. The summed E-state index contributed by atoms with van der Waals surface area (Å²) in [6, 6.07) is 0.482. The predicted molar refractivity (Wildman–Crippen MR) is 66.3 cm³/mol. The average Bonchev–Trinajstić information content (AvgIpc) is 2.31. The van der Waals surface area contributed by atoms with E-state index in [1.54, 1.807) is 0 Å². The lowest BCUT2D eigenvalue weighted by atomic mass is 9.96. The molecule has 1 saturated carbocycles. The van der Waals surface area contributed by atoms with Crippen molar-refractivity contribution in [3.05, 3.63) is 0 Å². The molecule has 0 atom stereocenters. The fourth-order valence-corrected chi connectivity index (χ4v) is 2.20. The van der Waals surface area contributed by atoms with Gasteiger partial charge in [0.05, 0.1) is 0 Å². The van der Waals surface area contributed by atoms with Crippen molar-refractivity contribution in [1.82, 2.24) is 10.2 Å². The Bertz CT molecular complexity index is 202. The van der Waals surface area contributed by atoms with Gasteiger partial charge >= 0.3 is 6.03 Å². The molecule has 4 nitrogen and oxygen atoms in total. The molecule has 16 heavy (non-hydrogen) atoms. The number of nitrogens with one attached hydrogen (secondary N) is 1. The summed E-state index contributed by atoms with van der Waals surface area (Å²) in [6.45, 7) is 4.19. The van der Waals surface area contributed by atoms with Gasteiger partial charge in [-0.1, -0.05) is 19.3 Å². The van der Waals surface area contributed by atoms with Crippen LogP contribution in [0.4, 0.5) is 4.79 Å². The third-order valence-corrected chi connectivity index (χ3v) is 3.23. The lowest BCUT2D eigenvalue weighted by Gasteiger charge is -2.27. The van der Waals surface area contributed by atoms with Crippen LogP contribution >= 0.6 is 0 Å². The molecule has 0 aromatic carbocycles. The van der Waals surface area contributed by atoms with E-state index in [0.717, 1.165) is 32.4 Å². The summed E-state index contributed by atoms with van der Waals surface area (Å²) in [6.07, 6.45) is 6.98. The van der Waals surface area contributed by atoms with E-state index < -0.39 is 0 Å². The molecule has 0 unspecified atom stereocenters. The number of carbonyl (C=O) groups excluding carboxylic acids is 1. The van der Waals surface area contributed by atoms with Crippen molar-refractivity contribution in [2.24, 2.45) is 5.73 Å². The Kier molecular flexibility index (Phi) is 6.23. The van der Waals surface area contributed by atoms with Crippen molar-refractivity contribution in [2.45, 2.75) is 51.5 Å². The molecule has 3 N–H and O–H groups in total. The van der Waals surface area contributed by atoms with Crippen LogP contribution < -0.4 is 11.1 Å². The standard InChI is InChI=1S/C12H25N3O/c1-2-15(10-6-9-13)12(16)14-11-7-4-3-5-8-11/h11H,2-10,13H2,1H3,(H,14,16). The van der Waals surface area contributed by atoms with Gasteiger partial charge in [0.2, 0.25) is 0 Å². The molecule has 0 saturated heterocycles. The van der Waals surface area contributed by atoms with E-state index in [1.165, 1.54) is 19.3 Å². The number of amides is 2. The van der Waals surface area contributed by atoms with Crippen LogP contribution in [-0.4, -0.2) is 36.6 Å². The molecule has 1 aliphatic rings. The molecule has 2 amide bonds. The first-order valence-electron chi connectivity index (χ1n) is 6.53. The van der Waals surface area contributed by atoms with Crippen molar-refractivity contribution in [1.29, 1.82) is 0 Å². The molecule has 0 radical (unpaired) electrons. The second kappa shape index (κ2) is 7.49. The van der Waals surface area contributed by atoms with Crippen molar-refractivity contribution >= 4 is 6.03 Å². The van der Waals surface area contributed by atoms with E-state index in [4.69, 9.17) is 5.73 Å². The molecule has 0 heterocycles. The second-order valence-electron chi connectivity index (χ2n) is 4.51. The van der Waals surface area contributed by atoms with E-state index >= 15 is 0 Å². The Labute approximate surface area is 98.6 Å². The Morgan fingerprint density at radius 2 is 2.06 bits per heavy atom. The summed E-state index contributed by atoms with van der Waals surface area (Å²) in [5, 5.41) is 3.12. The smallest absolute Gasteiger partial charge is 0.317 e. The molecule has 0 aromatic heterocycles. The van der Waals surface area contributed by atoms with Crippen LogP contribution in [0.15, 0.2) is 0 Å². The molecule has 0 spiro atoms. The van der Waals surface area contributed by atoms with E-state index in [1.807, 2.05) is 11.8 Å². The maximum atomic E-state index is 11.9. The highest BCUT2D eigenvalue weighted by Crippen LogP contribution is 2.17. The fraction of sp³-hybridized carbons (Fsp3) is 0.917. The first kappa shape index (κ1) is 13.3.